The van der Waals surface area contributed by atoms with Crippen LogP contribution in [0.1, 0.15) is 75.7 Å². The van der Waals surface area contributed by atoms with Crippen LogP contribution in [0.4, 0.5) is 0 Å². The molecule has 0 saturated carbocycles. The maximum Gasteiger partial charge on any atom is -0.0385 e. The third-order valence-electron chi connectivity index (χ3n) is 1.06. The summed E-state index contributed by atoms with van der Waals surface area (Å²) in [7, 11) is 0. The molecule has 12 heavy (non-hydrogen) atoms. The topological polar surface area (TPSA) is 0 Å². The molecule has 0 bridgehead atoms. The van der Waals surface area contributed by atoms with E-state index in [1.807, 2.05) is 41.5 Å². The Bertz CT molecular complexity index is 29.8. The molecule has 80 valence electrons. The lowest BCUT2D eigenvalue weighted by atomic mass is 9.94. The van der Waals surface area contributed by atoms with Crippen LogP contribution >= 0.6 is 0 Å². The van der Waals surface area contributed by atoms with Crippen molar-refractivity contribution >= 4 is 0 Å². The van der Waals surface area contributed by atoms with Gasteiger partial charge in [-0.15, -0.1) is 0 Å². The predicted octanol–water partition coefficient (Wildman–Crippen LogP) is 5.52. The molecule has 0 unspecified atom stereocenters. The molecule has 0 aliphatic carbocycles. The van der Waals surface area contributed by atoms with Gasteiger partial charge in [0.25, 0.3) is 0 Å². The third kappa shape index (κ3) is 90.0. The minimum absolute atomic E-state index is 0.542. The van der Waals surface area contributed by atoms with Crippen molar-refractivity contribution in [2.24, 2.45) is 5.41 Å². The van der Waals surface area contributed by atoms with Crippen LogP contribution in [0.25, 0.3) is 0 Å². The first-order valence-electron chi connectivity index (χ1n) is 5.56. The summed E-state index contributed by atoms with van der Waals surface area (Å²) in [5.74, 6) is 0. The summed E-state index contributed by atoms with van der Waals surface area (Å²) in [5, 5.41) is 0. The molecule has 0 N–H and O–H groups in total. The van der Waals surface area contributed by atoms with Crippen LogP contribution in [0.5, 0.6) is 0 Å². The second-order valence-corrected chi connectivity index (χ2v) is 2.91. The van der Waals surface area contributed by atoms with Gasteiger partial charge in [0.1, 0.15) is 0 Å². The molecule has 0 rings (SSSR count). The fourth-order valence-electron chi connectivity index (χ4n) is 0. The minimum Gasteiger partial charge on any atom is -0.0683 e. The summed E-state index contributed by atoms with van der Waals surface area (Å²) in [5.41, 5.74) is 0.542. The Balaban J connectivity index is -0.0000000453. The van der Waals surface area contributed by atoms with E-state index in [4.69, 9.17) is 0 Å². The van der Waals surface area contributed by atoms with Gasteiger partial charge in [-0.2, -0.15) is 0 Å². The number of hydrogen-bond acceptors (Lipinski definition) is 0. The van der Waals surface area contributed by atoms with Crippen molar-refractivity contribution in [2.75, 3.05) is 0 Å². The van der Waals surface area contributed by atoms with Gasteiger partial charge in [-0.05, 0) is 5.41 Å². The maximum absolute atomic E-state index is 2.24. The summed E-state index contributed by atoms with van der Waals surface area (Å²) in [6.07, 6.45) is 1.27. The lowest BCUT2D eigenvalue weighted by molar-refractivity contribution is 0.398. The van der Waals surface area contributed by atoms with Crippen molar-refractivity contribution in [2.45, 2.75) is 75.7 Å². The summed E-state index contributed by atoms with van der Waals surface area (Å²) >= 11 is 0. The van der Waals surface area contributed by atoms with Crippen molar-refractivity contribution in [3.63, 3.8) is 0 Å². The smallest absolute Gasteiger partial charge is 0.0385 e. The van der Waals surface area contributed by atoms with Gasteiger partial charge in [0.2, 0.25) is 0 Å². The van der Waals surface area contributed by atoms with Crippen LogP contribution in [0, 0.1) is 5.41 Å². The second-order valence-electron chi connectivity index (χ2n) is 2.91. The number of hydrogen-bond donors (Lipinski definition) is 0. The van der Waals surface area contributed by atoms with E-state index >= 15 is 0 Å². The Morgan fingerprint density at radius 3 is 0.750 bits per heavy atom. The zero-order valence-electron chi connectivity index (χ0n) is 11.2. The van der Waals surface area contributed by atoms with E-state index in [2.05, 4.69) is 27.7 Å². The van der Waals surface area contributed by atoms with E-state index < -0.39 is 0 Å². The summed E-state index contributed by atoms with van der Waals surface area (Å²) in [6, 6.07) is 0. The Labute approximate surface area is 81.8 Å². The summed E-state index contributed by atoms with van der Waals surface area (Å²) < 4.78 is 0. The quantitative estimate of drug-likeness (QED) is 0.456. The Hall–Kier alpha value is 0. The van der Waals surface area contributed by atoms with Gasteiger partial charge in [0.05, 0.1) is 0 Å². The molecule has 0 aromatic carbocycles. The molecule has 0 aliphatic heterocycles. The highest BCUT2D eigenvalue weighted by Crippen LogP contribution is 2.16. The standard InChI is InChI=1S/C6H14.3C2H6/c1-5-6(2,3)4;3*1-2/h5H2,1-4H3;3*1-2H3. The van der Waals surface area contributed by atoms with Crippen molar-refractivity contribution in [3.8, 4) is 0 Å². The van der Waals surface area contributed by atoms with E-state index in [-0.39, 0.29) is 0 Å². The first-order valence-corrected chi connectivity index (χ1v) is 5.56. The average molecular weight is 176 g/mol. The molecule has 0 heteroatoms. The van der Waals surface area contributed by atoms with Gasteiger partial charge in [-0.25, -0.2) is 0 Å². The highest BCUT2D eigenvalue weighted by atomic mass is 14.1. The van der Waals surface area contributed by atoms with E-state index in [9.17, 15) is 0 Å². The molecule has 0 radical (unpaired) electrons. The largest absolute Gasteiger partial charge is 0.0683 e. The Kier molecular flexibility index (Phi) is 42.4. The van der Waals surface area contributed by atoms with Gasteiger partial charge >= 0.3 is 0 Å². The molecular weight excluding hydrogens is 144 g/mol. The van der Waals surface area contributed by atoms with Crippen LogP contribution in [0.2, 0.25) is 0 Å². The maximum atomic E-state index is 2.24. The summed E-state index contributed by atoms with van der Waals surface area (Å²) in [4.78, 5) is 0. The molecule has 0 amide bonds. The van der Waals surface area contributed by atoms with E-state index in [0.717, 1.165) is 0 Å². The highest BCUT2D eigenvalue weighted by Gasteiger charge is 2.03. The first-order chi connectivity index (χ1) is 5.56. The molecule has 0 heterocycles. The lowest BCUT2D eigenvalue weighted by Gasteiger charge is -2.12. The van der Waals surface area contributed by atoms with Gasteiger partial charge in [-0.3, -0.25) is 0 Å². The zero-order chi connectivity index (χ0) is 11.2. The molecule has 0 saturated heterocycles. The van der Waals surface area contributed by atoms with Gasteiger partial charge in [-0.1, -0.05) is 75.7 Å². The van der Waals surface area contributed by atoms with E-state index in [1.54, 1.807) is 0 Å². The fraction of sp³-hybridized carbons (Fsp3) is 1.00. The van der Waals surface area contributed by atoms with Crippen LogP contribution in [0.15, 0.2) is 0 Å². The van der Waals surface area contributed by atoms with Crippen molar-refractivity contribution in [3.05, 3.63) is 0 Å². The Morgan fingerprint density at radius 2 is 0.750 bits per heavy atom. The van der Waals surface area contributed by atoms with Crippen molar-refractivity contribution in [1.82, 2.24) is 0 Å². The van der Waals surface area contributed by atoms with Gasteiger partial charge in [0.15, 0.2) is 0 Å². The molecule has 0 aromatic heterocycles. The lowest BCUT2D eigenvalue weighted by Crippen LogP contribution is -2.00. The average Bonchev–Trinajstić information content (AvgIpc) is 2.14. The number of rotatable bonds is 0. The van der Waals surface area contributed by atoms with Crippen molar-refractivity contribution in [1.29, 1.82) is 0 Å². The SMILES string of the molecule is CC.CC.CC.CCC(C)(C)C. The molecule has 0 nitrogen and oxygen atoms in total. The van der Waals surface area contributed by atoms with Crippen LogP contribution < -0.4 is 0 Å². The summed E-state index contributed by atoms with van der Waals surface area (Å²) in [6.45, 7) is 20.9. The van der Waals surface area contributed by atoms with E-state index in [0.29, 0.717) is 5.41 Å². The second kappa shape index (κ2) is 22.4. The van der Waals surface area contributed by atoms with Crippen molar-refractivity contribution < 1.29 is 0 Å². The van der Waals surface area contributed by atoms with E-state index in [1.165, 1.54) is 6.42 Å². The molecule has 0 spiro atoms. The van der Waals surface area contributed by atoms with Gasteiger partial charge < -0.3 is 0 Å². The highest BCUT2D eigenvalue weighted by molar-refractivity contribution is 4.55. The molecule has 0 aliphatic rings. The zero-order valence-corrected chi connectivity index (χ0v) is 11.2. The third-order valence-corrected chi connectivity index (χ3v) is 1.06. The normalized spacial score (nSPS) is 7.50. The first kappa shape index (κ1) is 22.7. The molecule has 0 aromatic rings. The van der Waals surface area contributed by atoms with Gasteiger partial charge in [0, 0.05) is 0 Å². The fourth-order valence-corrected chi connectivity index (χ4v) is 0. The Morgan fingerprint density at radius 1 is 0.667 bits per heavy atom. The monoisotopic (exact) mass is 176 g/mol. The molecule has 0 atom stereocenters. The van der Waals surface area contributed by atoms with Crippen LogP contribution in [-0.4, -0.2) is 0 Å². The van der Waals surface area contributed by atoms with Crippen LogP contribution in [0.3, 0.4) is 0 Å². The van der Waals surface area contributed by atoms with Crippen LogP contribution in [-0.2, 0) is 0 Å². The predicted molar refractivity (Wildman–Crippen MR) is 63.8 cm³/mol. The molecule has 0 fully saturated rings. The minimum atomic E-state index is 0.542. The molecular formula is C12H32.